The van der Waals surface area contributed by atoms with E-state index < -0.39 is 27.9 Å². The van der Waals surface area contributed by atoms with E-state index in [-0.39, 0.29) is 29.7 Å². The first-order valence-electron chi connectivity index (χ1n) is 9.21. The van der Waals surface area contributed by atoms with Gasteiger partial charge in [0.25, 0.3) is 0 Å². The number of hydrogen-bond donors (Lipinski definition) is 2. The first-order chi connectivity index (χ1) is 13.5. The van der Waals surface area contributed by atoms with Crippen LogP contribution >= 0.6 is 0 Å². The summed E-state index contributed by atoms with van der Waals surface area (Å²) < 4.78 is 32.2. The Kier molecular flexibility index (Phi) is 9.25. The molecule has 0 heterocycles. The Hall–Kier alpha value is -2.46. The van der Waals surface area contributed by atoms with Crippen LogP contribution in [0.3, 0.4) is 0 Å². The van der Waals surface area contributed by atoms with E-state index in [4.69, 9.17) is 0 Å². The van der Waals surface area contributed by atoms with Crippen LogP contribution in [0.5, 0.6) is 0 Å². The highest BCUT2D eigenvalue weighted by atomic mass is 32.2. The van der Waals surface area contributed by atoms with Gasteiger partial charge in [-0.15, -0.1) is 0 Å². The molecule has 1 aromatic carbocycles. The van der Waals surface area contributed by atoms with Gasteiger partial charge in [-0.1, -0.05) is 13.8 Å². The number of anilines is 1. The average molecular weight is 428 g/mol. The van der Waals surface area contributed by atoms with E-state index in [0.717, 1.165) is 0 Å². The van der Waals surface area contributed by atoms with Gasteiger partial charge in [-0.2, -0.15) is 4.72 Å². The molecule has 1 rings (SSSR count). The number of hydrogen-bond acceptors (Lipinski definition) is 6. The standard InChI is InChI=1S/C19H29N3O6S/c1-13(2)12-22(11-10-18(24)28-5)19(25)14(3)21-29(26,27)17-8-6-16(7-9-17)20-15(4)23/h6-9,13-14,21H,10-12H2,1-5H3,(H,20,23)/t14-/m0/s1. The van der Waals surface area contributed by atoms with Gasteiger partial charge in [0.2, 0.25) is 21.8 Å². The van der Waals surface area contributed by atoms with Gasteiger partial charge in [0.1, 0.15) is 0 Å². The molecule has 0 saturated carbocycles. The zero-order chi connectivity index (χ0) is 22.2. The van der Waals surface area contributed by atoms with Gasteiger partial charge in [0.15, 0.2) is 0 Å². The Bertz CT molecular complexity index is 821. The molecule has 0 unspecified atom stereocenters. The fourth-order valence-electron chi connectivity index (χ4n) is 2.61. The Morgan fingerprint density at radius 1 is 1.10 bits per heavy atom. The van der Waals surface area contributed by atoms with Gasteiger partial charge in [0, 0.05) is 25.7 Å². The number of ether oxygens (including phenoxy) is 1. The molecule has 1 atom stereocenters. The number of sulfonamides is 1. The number of amides is 2. The van der Waals surface area contributed by atoms with E-state index in [9.17, 15) is 22.8 Å². The van der Waals surface area contributed by atoms with Crippen molar-refractivity contribution >= 4 is 33.5 Å². The summed E-state index contributed by atoms with van der Waals surface area (Å²) in [5, 5.41) is 2.55. The summed E-state index contributed by atoms with van der Waals surface area (Å²) in [6, 6.07) is 4.58. The minimum absolute atomic E-state index is 0.0268. The van der Waals surface area contributed by atoms with Gasteiger partial charge in [-0.05, 0) is 37.1 Å². The van der Waals surface area contributed by atoms with Crippen molar-refractivity contribution < 1.29 is 27.5 Å². The van der Waals surface area contributed by atoms with Crippen LogP contribution < -0.4 is 10.0 Å². The lowest BCUT2D eigenvalue weighted by Crippen LogP contribution is -2.48. The summed E-state index contributed by atoms with van der Waals surface area (Å²) in [6.45, 7) is 7.17. The number of carbonyl (C=O) groups excluding carboxylic acids is 3. The first-order valence-corrected chi connectivity index (χ1v) is 10.7. The molecule has 0 radical (unpaired) electrons. The maximum atomic E-state index is 12.8. The fourth-order valence-corrected chi connectivity index (χ4v) is 3.80. The fraction of sp³-hybridized carbons (Fsp3) is 0.526. The Morgan fingerprint density at radius 2 is 1.69 bits per heavy atom. The highest BCUT2D eigenvalue weighted by Crippen LogP contribution is 2.15. The van der Waals surface area contributed by atoms with Crippen molar-refractivity contribution in [3.63, 3.8) is 0 Å². The van der Waals surface area contributed by atoms with Crippen molar-refractivity contribution in [3.05, 3.63) is 24.3 Å². The molecule has 0 aliphatic heterocycles. The van der Waals surface area contributed by atoms with Crippen molar-refractivity contribution in [2.45, 2.75) is 45.1 Å². The third-order valence-electron chi connectivity index (χ3n) is 3.90. The van der Waals surface area contributed by atoms with Crippen molar-refractivity contribution in [1.82, 2.24) is 9.62 Å². The zero-order valence-electron chi connectivity index (χ0n) is 17.4. The van der Waals surface area contributed by atoms with Crippen molar-refractivity contribution in [2.24, 2.45) is 5.92 Å². The molecular weight excluding hydrogens is 398 g/mol. The molecule has 0 aromatic heterocycles. The Morgan fingerprint density at radius 3 is 2.17 bits per heavy atom. The molecule has 29 heavy (non-hydrogen) atoms. The molecule has 162 valence electrons. The summed E-state index contributed by atoms with van der Waals surface area (Å²) in [6.07, 6.45) is 0.0268. The summed E-state index contributed by atoms with van der Waals surface area (Å²) in [5.41, 5.74) is 0.464. The topological polar surface area (TPSA) is 122 Å². The maximum absolute atomic E-state index is 12.8. The average Bonchev–Trinajstić information content (AvgIpc) is 2.63. The number of nitrogens with one attached hydrogen (secondary N) is 2. The smallest absolute Gasteiger partial charge is 0.307 e. The summed E-state index contributed by atoms with van der Waals surface area (Å²) in [4.78, 5) is 36.6. The van der Waals surface area contributed by atoms with Gasteiger partial charge in [0.05, 0.1) is 24.5 Å². The van der Waals surface area contributed by atoms with Gasteiger partial charge in [-0.25, -0.2) is 8.42 Å². The van der Waals surface area contributed by atoms with Crippen LogP contribution in [0.25, 0.3) is 0 Å². The van der Waals surface area contributed by atoms with Crippen LogP contribution in [0, 0.1) is 5.92 Å². The molecule has 0 aliphatic carbocycles. The van der Waals surface area contributed by atoms with E-state index in [2.05, 4.69) is 14.8 Å². The molecular formula is C19H29N3O6S. The molecule has 0 bridgehead atoms. The van der Waals surface area contributed by atoms with Crippen molar-refractivity contribution in [3.8, 4) is 0 Å². The van der Waals surface area contributed by atoms with Crippen LogP contribution in [0.1, 0.15) is 34.1 Å². The number of carbonyl (C=O) groups is 3. The molecule has 0 fully saturated rings. The second-order valence-corrected chi connectivity index (χ2v) is 8.77. The van der Waals surface area contributed by atoms with E-state index in [0.29, 0.717) is 12.2 Å². The number of rotatable bonds is 10. The molecule has 9 nitrogen and oxygen atoms in total. The zero-order valence-corrected chi connectivity index (χ0v) is 18.2. The van der Waals surface area contributed by atoms with Crippen LogP contribution in [0.4, 0.5) is 5.69 Å². The van der Waals surface area contributed by atoms with Gasteiger partial charge in [-0.3, -0.25) is 14.4 Å². The van der Waals surface area contributed by atoms with Crippen molar-refractivity contribution in [2.75, 3.05) is 25.5 Å². The molecule has 2 amide bonds. The minimum atomic E-state index is -3.95. The number of esters is 1. The Balaban J connectivity index is 2.88. The normalized spacial score (nSPS) is 12.3. The molecule has 0 aliphatic rings. The van der Waals surface area contributed by atoms with Crippen LogP contribution in [-0.2, 0) is 29.1 Å². The first kappa shape index (κ1) is 24.6. The molecule has 2 N–H and O–H groups in total. The van der Waals surface area contributed by atoms with Crippen LogP contribution in [-0.4, -0.2) is 57.3 Å². The van der Waals surface area contributed by atoms with Gasteiger partial charge >= 0.3 is 5.97 Å². The molecule has 1 aromatic rings. The number of benzene rings is 1. The largest absolute Gasteiger partial charge is 0.469 e. The maximum Gasteiger partial charge on any atom is 0.307 e. The van der Waals surface area contributed by atoms with Crippen LogP contribution in [0.2, 0.25) is 0 Å². The minimum Gasteiger partial charge on any atom is -0.469 e. The molecule has 10 heteroatoms. The second kappa shape index (κ2) is 10.9. The highest BCUT2D eigenvalue weighted by molar-refractivity contribution is 7.89. The summed E-state index contributed by atoms with van der Waals surface area (Å²) >= 11 is 0. The van der Waals surface area contributed by atoms with Crippen molar-refractivity contribution in [1.29, 1.82) is 0 Å². The van der Waals surface area contributed by atoms with E-state index in [1.54, 1.807) is 0 Å². The van der Waals surface area contributed by atoms with E-state index >= 15 is 0 Å². The lowest BCUT2D eigenvalue weighted by Gasteiger charge is -2.27. The number of nitrogens with zero attached hydrogens (tertiary/aromatic N) is 1. The highest BCUT2D eigenvalue weighted by Gasteiger charge is 2.26. The SMILES string of the molecule is COC(=O)CCN(CC(C)C)C(=O)[C@H](C)NS(=O)(=O)c1ccc(NC(C)=O)cc1. The second-order valence-electron chi connectivity index (χ2n) is 7.05. The lowest BCUT2D eigenvalue weighted by atomic mass is 10.2. The quantitative estimate of drug-likeness (QED) is 0.544. The van der Waals surface area contributed by atoms with E-state index in [1.807, 2.05) is 13.8 Å². The molecule has 0 saturated heterocycles. The predicted molar refractivity (Wildman–Crippen MR) is 109 cm³/mol. The van der Waals surface area contributed by atoms with Crippen LogP contribution in [0.15, 0.2) is 29.2 Å². The molecule has 0 spiro atoms. The third-order valence-corrected chi connectivity index (χ3v) is 5.45. The monoisotopic (exact) mass is 427 g/mol. The Labute approximate surface area is 171 Å². The summed E-state index contributed by atoms with van der Waals surface area (Å²) in [5.74, 6) is -1.00. The van der Waals surface area contributed by atoms with E-state index in [1.165, 1.54) is 50.1 Å². The summed E-state index contributed by atoms with van der Waals surface area (Å²) in [7, 11) is -2.68. The van der Waals surface area contributed by atoms with Gasteiger partial charge < -0.3 is 15.0 Å². The number of methoxy groups -OCH3 is 1. The lowest BCUT2D eigenvalue weighted by molar-refractivity contribution is -0.142. The third kappa shape index (κ3) is 8.20. The predicted octanol–water partition coefficient (Wildman–Crippen LogP) is 1.36.